The molecule has 1 aromatic rings. The van der Waals surface area contributed by atoms with Crippen molar-refractivity contribution in [2.45, 2.75) is 31.7 Å². The highest BCUT2D eigenvalue weighted by Crippen LogP contribution is 2.15. The molecule has 0 bridgehead atoms. The summed E-state index contributed by atoms with van der Waals surface area (Å²) in [5.41, 5.74) is 7.39. The second kappa shape index (κ2) is 5.71. The Kier molecular flexibility index (Phi) is 4.70. The molecule has 6 heteroatoms. The van der Waals surface area contributed by atoms with Crippen LogP contribution in [0.25, 0.3) is 0 Å². The molecule has 0 spiro atoms. The van der Waals surface area contributed by atoms with Crippen LogP contribution in [0.3, 0.4) is 0 Å². The second-order valence-electron chi connectivity index (χ2n) is 4.99. The minimum atomic E-state index is -3.45. The van der Waals surface area contributed by atoms with Gasteiger partial charge in [-0.3, -0.25) is 4.79 Å². The first kappa shape index (κ1) is 15.7. The fraction of sp³-hybridized carbons (Fsp3) is 0.462. The van der Waals surface area contributed by atoms with Gasteiger partial charge in [-0.2, -0.15) is 0 Å². The van der Waals surface area contributed by atoms with E-state index in [0.717, 1.165) is 17.4 Å². The van der Waals surface area contributed by atoms with Gasteiger partial charge in [-0.25, -0.2) is 8.42 Å². The first-order valence-electron chi connectivity index (χ1n) is 5.94. The molecular formula is C13H20N2O3S. The first-order chi connectivity index (χ1) is 8.68. The molecule has 1 aromatic carbocycles. The van der Waals surface area contributed by atoms with Crippen LogP contribution < -0.4 is 11.1 Å². The van der Waals surface area contributed by atoms with Gasteiger partial charge in [-0.05, 0) is 25.0 Å². The summed E-state index contributed by atoms with van der Waals surface area (Å²) in [4.78, 5) is 11.9. The van der Waals surface area contributed by atoms with E-state index in [9.17, 15) is 13.2 Å². The standard InChI is InChI=1S/C13H20N2O3S/c1-13(2,19(3,17)18)12(16)15-9-11-6-4-5-10(7-11)8-14/h4-7H,8-9,14H2,1-3H3,(H,15,16). The van der Waals surface area contributed by atoms with Gasteiger partial charge >= 0.3 is 0 Å². The molecule has 106 valence electrons. The molecule has 1 amide bonds. The molecule has 0 aromatic heterocycles. The van der Waals surface area contributed by atoms with Gasteiger partial charge in [-0.1, -0.05) is 24.3 Å². The van der Waals surface area contributed by atoms with E-state index in [4.69, 9.17) is 5.73 Å². The fourth-order valence-electron chi connectivity index (χ4n) is 1.43. The zero-order chi connectivity index (χ0) is 14.7. The maximum absolute atomic E-state index is 11.9. The molecule has 0 aliphatic rings. The number of nitrogens with one attached hydrogen (secondary N) is 1. The van der Waals surface area contributed by atoms with E-state index in [2.05, 4.69) is 5.32 Å². The third-order valence-electron chi connectivity index (χ3n) is 3.15. The van der Waals surface area contributed by atoms with Crippen molar-refractivity contribution in [2.75, 3.05) is 6.26 Å². The smallest absolute Gasteiger partial charge is 0.241 e. The summed E-state index contributed by atoms with van der Waals surface area (Å²) in [7, 11) is -3.45. The number of carbonyl (C=O) groups excluding carboxylic acids is 1. The van der Waals surface area contributed by atoms with Crippen LogP contribution in [0.5, 0.6) is 0 Å². The minimum absolute atomic E-state index is 0.283. The van der Waals surface area contributed by atoms with Crippen LogP contribution in [-0.4, -0.2) is 25.3 Å². The second-order valence-corrected chi connectivity index (χ2v) is 7.55. The minimum Gasteiger partial charge on any atom is -0.351 e. The van der Waals surface area contributed by atoms with Crippen molar-refractivity contribution in [2.24, 2.45) is 5.73 Å². The van der Waals surface area contributed by atoms with E-state index < -0.39 is 20.5 Å². The summed E-state index contributed by atoms with van der Waals surface area (Å²) in [5.74, 6) is -0.506. The monoisotopic (exact) mass is 284 g/mol. The third-order valence-corrected chi connectivity index (χ3v) is 5.19. The molecule has 0 heterocycles. The van der Waals surface area contributed by atoms with Gasteiger partial charge in [0.15, 0.2) is 9.84 Å². The maximum Gasteiger partial charge on any atom is 0.241 e. The van der Waals surface area contributed by atoms with Crippen LogP contribution >= 0.6 is 0 Å². The summed E-state index contributed by atoms with van der Waals surface area (Å²) >= 11 is 0. The van der Waals surface area contributed by atoms with Crippen molar-refractivity contribution in [3.05, 3.63) is 35.4 Å². The molecule has 0 saturated heterocycles. The quantitative estimate of drug-likeness (QED) is 0.828. The molecule has 0 radical (unpaired) electrons. The Balaban J connectivity index is 2.74. The average Bonchev–Trinajstić information content (AvgIpc) is 2.34. The van der Waals surface area contributed by atoms with Crippen molar-refractivity contribution in [3.63, 3.8) is 0 Å². The summed E-state index contributed by atoms with van der Waals surface area (Å²) in [6, 6.07) is 7.48. The Morgan fingerprint density at radius 2 is 1.89 bits per heavy atom. The average molecular weight is 284 g/mol. The highest BCUT2D eigenvalue weighted by atomic mass is 32.2. The van der Waals surface area contributed by atoms with Crippen molar-refractivity contribution in [3.8, 4) is 0 Å². The van der Waals surface area contributed by atoms with Crippen molar-refractivity contribution >= 4 is 15.7 Å². The number of hydrogen-bond acceptors (Lipinski definition) is 4. The van der Waals surface area contributed by atoms with E-state index in [0.29, 0.717) is 6.54 Å². The first-order valence-corrected chi connectivity index (χ1v) is 7.83. The number of carbonyl (C=O) groups is 1. The lowest BCUT2D eigenvalue weighted by atomic mass is 10.1. The molecule has 0 unspecified atom stereocenters. The molecule has 0 atom stereocenters. The molecule has 0 aliphatic carbocycles. The van der Waals surface area contributed by atoms with Gasteiger partial charge in [0.2, 0.25) is 5.91 Å². The highest BCUT2D eigenvalue weighted by Gasteiger charge is 2.38. The molecule has 19 heavy (non-hydrogen) atoms. The largest absolute Gasteiger partial charge is 0.351 e. The Morgan fingerprint density at radius 3 is 2.42 bits per heavy atom. The van der Waals surface area contributed by atoms with Crippen molar-refractivity contribution < 1.29 is 13.2 Å². The Morgan fingerprint density at radius 1 is 1.32 bits per heavy atom. The SMILES string of the molecule is CC(C)(C(=O)NCc1cccc(CN)c1)S(C)(=O)=O. The molecule has 0 aliphatic heterocycles. The van der Waals surface area contributed by atoms with Gasteiger partial charge in [-0.15, -0.1) is 0 Å². The normalized spacial score (nSPS) is 12.2. The van der Waals surface area contributed by atoms with E-state index in [1.54, 1.807) is 0 Å². The van der Waals surface area contributed by atoms with E-state index in [-0.39, 0.29) is 6.54 Å². The third kappa shape index (κ3) is 3.78. The number of rotatable bonds is 5. The number of amides is 1. The Hall–Kier alpha value is -1.40. The summed E-state index contributed by atoms with van der Waals surface area (Å²) < 4.78 is 21.6. The van der Waals surface area contributed by atoms with Crippen LogP contribution in [0.2, 0.25) is 0 Å². The molecule has 1 rings (SSSR count). The Labute approximate surface area is 114 Å². The summed E-state index contributed by atoms with van der Waals surface area (Å²) in [6.07, 6.45) is 1.06. The van der Waals surface area contributed by atoms with Gasteiger partial charge in [0.05, 0.1) is 0 Å². The van der Waals surface area contributed by atoms with Crippen molar-refractivity contribution in [1.82, 2.24) is 5.32 Å². The van der Waals surface area contributed by atoms with E-state index in [1.807, 2.05) is 24.3 Å². The zero-order valence-corrected chi connectivity index (χ0v) is 12.3. The summed E-state index contributed by atoms with van der Waals surface area (Å²) in [6.45, 7) is 3.50. The lowest BCUT2D eigenvalue weighted by molar-refractivity contribution is -0.123. The maximum atomic E-state index is 11.9. The highest BCUT2D eigenvalue weighted by molar-refractivity contribution is 7.92. The van der Waals surface area contributed by atoms with Crippen molar-refractivity contribution in [1.29, 1.82) is 0 Å². The van der Waals surface area contributed by atoms with Gasteiger partial charge < -0.3 is 11.1 Å². The molecule has 5 nitrogen and oxygen atoms in total. The zero-order valence-electron chi connectivity index (χ0n) is 11.4. The fourth-order valence-corrected chi connectivity index (χ4v) is 1.84. The number of nitrogens with two attached hydrogens (primary N) is 1. The molecule has 0 fully saturated rings. The lowest BCUT2D eigenvalue weighted by Crippen LogP contribution is -2.47. The van der Waals surface area contributed by atoms with Crippen LogP contribution in [-0.2, 0) is 27.7 Å². The topological polar surface area (TPSA) is 89.3 Å². The van der Waals surface area contributed by atoms with E-state index in [1.165, 1.54) is 13.8 Å². The number of sulfone groups is 1. The molecule has 0 saturated carbocycles. The Bertz CT molecular complexity index is 565. The number of benzene rings is 1. The molecular weight excluding hydrogens is 264 g/mol. The predicted octanol–water partition coefficient (Wildman–Crippen LogP) is 0.585. The van der Waals surface area contributed by atoms with Gasteiger partial charge in [0, 0.05) is 19.3 Å². The lowest BCUT2D eigenvalue weighted by Gasteiger charge is -2.21. The van der Waals surface area contributed by atoms with Gasteiger partial charge in [0.25, 0.3) is 0 Å². The van der Waals surface area contributed by atoms with Gasteiger partial charge in [0.1, 0.15) is 4.75 Å². The molecule has 3 N–H and O–H groups in total. The van der Waals surface area contributed by atoms with Crippen LogP contribution in [0.4, 0.5) is 0 Å². The number of hydrogen-bond donors (Lipinski definition) is 2. The predicted molar refractivity (Wildman–Crippen MR) is 75.1 cm³/mol. The summed E-state index contributed by atoms with van der Waals surface area (Å²) in [5, 5.41) is 2.64. The van der Waals surface area contributed by atoms with Crippen LogP contribution in [0, 0.1) is 0 Å². The van der Waals surface area contributed by atoms with Crippen LogP contribution in [0.15, 0.2) is 24.3 Å². The van der Waals surface area contributed by atoms with Crippen LogP contribution in [0.1, 0.15) is 25.0 Å². The van der Waals surface area contributed by atoms with E-state index >= 15 is 0 Å².